The van der Waals surface area contributed by atoms with Gasteiger partial charge in [-0.15, -0.1) is 0 Å². The summed E-state index contributed by atoms with van der Waals surface area (Å²) < 4.78 is 32.2. The summed E-state index contributed by atoms with van der Waals surface area (Å²) in [6.07, 6.45) is 0.925. The van der Waals surface area contributed by atoms with Crippen molar-refractivity contribution in [2.75, 3.05) is 36.5 Å². The van der Waals surface area contributed by atoms with Crippen molar-refractivity contribution < 1.29 is 22.7 Å². The molecule has 2 aromatic carbocycles. The molecule has 1 saturated heterocycles. The Balaban J connectivity index is 1.44. The van der Waals surface area contributed by atoms with E-state index in [2.05, 4.69) is 5.32 Å². The maximum atomic E-state index is 12.8. The fourth-order valence-electron chi connectivity index (χ4n) is 4.15. The van der Waals surface area contributed by atoms with Crippen LogP contribution in [0.2, 0.25) is 0 Å². The Kier molecular flexibility index (Phi) is 6.21. The Bertz CT molecular complexity index is 1130. The van der Waals surface area contributed by atoms with E-state index in [1.165, 1.54) is 21.3 Å². The first-order valence-corrected chi connectivity index (χ1v) is 12.2. The Morgan fingerprint density at radius 1 is 1.16 bits per heavy atom. The number of anilines is 2. The lowest BCUT2D eigenvalue weighted by molar-refractivity contribution is -0.122. The third-order valence-electron chi connectivity index (χ3n) is 5.94. The summed E-state index contributed by atoms with van der Waals surface area (Å²) in [7, 11) is -3.56. The molecular weight excluding hydrogens is 430 g/mol. The van der Waals surface area contributed by atoms with Crippen LogP contribution in [-0.4, -0.2) is 50.8 Å². The highest BCUT2D eigenvalue weighted by Gasteiger charge is 2.35. The lowest BCUT2D eigenvalue weighted by Crippen LogP contribution is -2.31. The summed E-state index contributed by atoms with van der Waals surface area (Å²) in [4.78, 5) is 27.1. The predicted octanol–water partition coefficient (Wildman–Crippen LogP) is 2.64. The highest BCUT2D eigenvalue weighted by atomic mass is 32.2. The second kappa shape index (κ2) is 8.91. The quantitative estimate of drug-likeness (QED) is 0.690. The molecule has 0 aliphatic carbocycles. The fraction of sp³-hybridized carbons (Fsp3) is 0.391. The molecule has 0 aromatic heterocycles. The van der Waals surface area contributed by atoms with Gasteiger partial charge >= 0.3 is 0 Å². The van der Waals surface area contributed by atoms with Gasteiger partial charge in [0.1, 0.15) is 5.75 Å². The van der Waals surface area contributed by atoms with E-state index in [-0.39, 0.29) is 29.7 Å². The van der Waals surface area contributed by atoms with Gasteiger partial charge in [0, 0.05) is 43.9 Å². The molecule has 0 spiro atoms. The summed E-state index contributed by atoms with van der Waals surface area (Å²) in [5.74, 6) is -0.00457. The Morgan fingerprint density at radius 2 is 1.88 bits per heavy atom. The van der Waals surface area contributed by atoms with Gasteiger partial charge in [0.25, 0.3) is 0 Å². The van der Waals surface area contributed by atoms with Crippen LogP contribution in [0.4, 0.5) is 11.4 Å². The number of benzene rings is 2. The number of carbonyl (C=O) groups is 2. The van der Waals surface area contributed by atoms with Crippen LogP contribution in [0.1, 0.15) is 25.8 Å². The van der Waals surface area contributed by atoms with E-state index in [0.717, 1.165) is 17.7 Å². The fourth-order valence-corrected chi connectivity index (χ4v) is 5.61. The van der Waals surface area contributed by atoms with Gasteiger partial charge in [-0.25, -0.2) is 8.42 Å². The standard InChI is InChI=1S/C23H27N3O5S/c1-3-25(4-2)32(29,30)20-8-6-19(7-9-20)26-15-17(14-22(26)27)23(28)24-18-5-10-21-16(13-18)11-12-31-21/h5-10,13,17H,3-4,11-12,14-15H2,1-2H3,(H,24,28). The first-order valence-electron chi connectivity index (χ1n) is 10.8. The molecule has 1 atom stereocenters. The lowest BCUT2D eigenvalue weighted by atomic mass is 10.1. The molecule has 2 heterocycles. The topological polar surface area (TPSA) is 96.0 Å². The molecule has 0 bridgehead atoms. The third kappa shape index (κ3) is 4.22. The number of amides is 2. The van der Waals surface area contributed by atoms with E-state index >= 15 is 0 Å². The van der Waals surface area contributed by atoms with E-state index in [9.17, 15) is 18.0 Å². The van der Waals surface area contributed by atoms with Crippen molar-refractivity contribution in [2.24, 2.45) is 5.92 Å². The van der Waals surface area contributed by atoms with Crippen LogP contribution < -0.4 is 15.0 Å². The second-order valence-corrected chi connectivity index (χ2v) is 9.84. The molecule has 170 valence electrons. The number of hydrogen-bond acceptors (Lipinski definition) is 5. The SMILES string of the molecule is CCN(CC)S(=O)(=O)c1ccc(N2CC(C(=O)Nc3ccc4c(c3)CCO4)CC2=O)cc1. The molecule has 2 amide bonds. The summed E-state index contributed by atoms with van der Waals surface area (Å²) in [6.45, 7) is 5.26. The van der Waals surface area contributed by atoms with Gasteiger partial charge in [-0.1, -0.05) is 13.8 Å². The average Bonchev–Trinajstić information content (AvgIpc) is 3.40. The van der Waals surface area contributed by atoms with Gasteiger partial charge in [-0.2, -0.15) is 4.31 Å². The van der Waals surface area contributed by atoms with Crippen molar-refractivity contribution in [3.05, 3.63) is 48.0 Å². The Hall–Kier alpha value is -2.91. The zero-order chi connectivity index (χ0) is 22.9. The molecule has 9 heteroatoms. The van der Waals surface area contributed by atoms with Crippen LogP contribution in [0.15, 0.2) is 47.4 Å². The molecule has 0 saturated carbocycles. The van der Waals surface area contributed by atoms with Crippen LogP contribution in [0.5, 0.6) is 5.75 Å². The van der Waals surface area contributed by atoms with Crippen LogP contribution in [0, 0.1) is 5.92 Å². The third-order valence-corrected chi connectivity index (χ3v) is 8.01. The largest absolute Gasteiger partial charge is 0.493 e. The molecule has 0 radical (unpaired) electrons. The van der Waals surface area contributed by atoms with E-state index in [1.807, 2.05) is 12.1 Å². The van der Waals surface area contributed by atoms with E-state index < -0.39 is 15.9 Å². The van der Waals surface area contributed by atoms with Gasteiger partial charge in [0.15, 0.2) is 0 Å². The number of nitrogens with zero attached hydrogens (tertiary/aromatic N) is 2. The zero-order valence-corrected chi connectivity index (χ0v) is 19.0. The molecule has 1 fully saturated rings. The van der Waals surface area contributed by atoms with Crippen LogP contribution in [0.25, 0.3) is 0 Å². The molecule has 1 unspecified atom stereocenters. The van der Waals surface area contributed by atoms with Gasteiger partial charge in [-0.3, -0.25) is 9.59 Å². The second-order valence-electron chi connectivity index (χ2n) is 7.90. The lowest BCUT2D eigenvalue weighted by Gasteiger charge is -2.20. The average molecular weight is 458 g/mol. The van der Waals surface area contributed by atoms with Crippen LogP contribution in [0.3, 0.4) is 0 Å². The number of nitrogens with one attached hydrogen (secondary N) is 1. The molecule has 32 heavy (non-hydrogen) atoms. The van der Waals surface area contributed by atoms with Gasteiger partial charge in [-0.05, 0) is 48.0 Å². The van der Waals surface area contributed by atoms with Crippen molar-refractivity contribution in [2.45, 2.75) is 31.6 Å². The molecule has 4 rings (SSSR count). The van der Waals surface area contributed by atoms with Crippen molar-refractivity contribution in [1.82, 2.24) is 4.31 Å². The minimum Gasteiger partial charge on any atom is -0.493 e. The maximum absolute atomic E-state index is 12.8. The number of hydrogen-bond donors (Lipinski definition) is 1. The van der Waals surface area contributed by atoms with Gasteiger partial charge in [0.05, 0.1) is 17.4 Å². The minimum atomic E-state index is -3.56. The normalized spacial score (nSPS) is 18.0. The summed E-state index contributed by atoms with van der Waals surface area (Å²) in [5, 5.41) is 2.90. The molecule has 2 aromatic rings. The smallest absolute Gasteiger partial charge is 0.243 e. The van der Waals surface area contributed by atoms with E-state index in [0.29, 0.717) is 31.1 Å². The monoisotopic (exact) mass is 457 g/mol. The number of carbonyl (C=O) groups excluding carboxylic acids is 2. The van der Waals surface area contributed by atoms with Crippen molar-refractivity contribution in [1.29, 1.82) is 0 Å². The summed E-state index contributed by atoms with van der Waals surface area (Å²) in [5.41, 5.74) is 2.33. The zero-order valence-electron chi connectivity index (χ0n) is 18.2. The molecule has 2 aliphatic rings. The Morgan fingerprint density at radius 3 is 2.56 bits per heavy atom. The van der Waals surface area contributed by atoms with Crippen molar-refractivity contribution in [3.63, 3.8) is 0 Å². The van der Waals surface area contributed by atoms with Gasteiger partial charge in [0.2, 0.25) is 21.8 Å². The molecule has 2 aliphatic heterocycles. The Labute approximate surface area is 188 Å². The number of fused-ring (bicyclic) bond motifs is 1. The molecular formula is C23H27N3O5S. The van der Waals surface area contributed by atoms with Crippen molar-refractivity contribution in [3.8, 4) is 5.75 Å². The van der Waals surface area contributed by atoms with Crippen LogP contribution >= 0.6 is 0 Å². The van der Waals surface area contributed by atoms with Gasteiger partial charge < -0.3 is 15.0 Å². The number of sulfonamides is 1. The van der Waals surface area contributed by atoms with Crippen LogP contribution in [-0.2, 0) is 26.0 Å². The van der Waals surface area contributed by atoms with E-state index in [1.54, 1.807) is 32.0 Å². The highest BCUT2D eigenvalue weighted by molar-refractivity contribution is 7.89. The predicted molar refractivity (Wildman–Crippen MR) is 121 cm³/mol. The minimum absolute atomic E-state index is 0.110. The summed E-state index contributed by atoms with van der Waals surface area (Å²) in [6, 6.07) is 11.8. The van der Waals surface area contributed by atoms with E-state index in [4.69, 9.17) is 4.74 Å². The molecule has 1 N–H and O–H groups in total. The first kappa shape index (κ1) is 22.3. The molecule has 8 nitrogen and oxygen atoms in total. The number of rotatable bonds is 7. The number of ether oxygens (including phenoxy) is 1. The highest BCUT2D eigenvalue weighted by Crippen LogP contribution is 2.30. The maximum Gasteiger partial charge on any atom is 0.243 e. The van der Waals surface area contributed by atoms with Crippen molar-refractivity contribution >= 4 is 33.2 Å². The first-order chi connectivity index (χ1) is 15.3. The summed E-state index contributed by atoms with van der Waals surface area (Å²) >= 11 is 0.